The summed E-state index contributed by atoms with van der Waals surface area (Å²) >= 11 is 7.23. The Morgan fingerprint density at radius 1 is 0.507 bits per heavy atom. The number of benzene rings is 4. The fraction of sp³-hybridized carbons (Fsp3) is 0.0303. The molecule has 4 N–H and O–H groups in total. The molecule has 0 atom stereocenters. The van der Waals surface area contributed by atoms with Crippen molar-refractivity contribution in [1.29, 1.82) is 0 Å². The van der Waals surface area contributed by atoms with E-state index in [-0.39, 0.29) is 250 Å². The van der Waals surface area contributed by atoms with Gasteiger partial charge in [0.2, 0.25) is 29.1 Å². The topological polar surface area (TPSA) is 431 Å². The minimum absolute atomic E-state index is 0. The van der Waals surface area contributed by atoms with Gasteiger partial charge in [-0.3, -0.25) is 15.1 Å². The Kier molecular flexibility index (Phi) is 35.5. The zero-order valence-corrected chi connectivity index (χ0v) is 57.0. The van der Waals surface area contributed by atoms with Gasteiger partial charge < -0.3 is 55.4 Å². The molecular formula is C33H21ClN10Na6O19S6. The summed E-state index contributed by atoms with van der Waals surface area (Å²) in [5.41, 5.74) is -0.213. The van der Waals surface area contributed by atoms with E-state index in [0.29, 0.717) is 36.1 Å². The van der Waals surface area contributed by atoms with E-state index >= 15 is 0 Å². The summed E-state index contributed by atoms with van der Waals surface area (Å²) in [5.74, 6) is -1.25. The smallest absolute Gasteiger partial charge is 0.744 e. The maximum absolute atomic E-state index is 12.5. The van der Waals surface area contributed by atoms with Crippen LogP contribution in [-0.4, -0.2) is 75.9 Å². The summed E-state index contributed by atoms with van der Waals surface area (Å²) in [5, 5.41) is 51.9. The van der Waals surface area contributed by atoms with Crippen LogP contribution in [-0.2, 0) is 58.5 Å². The van der Waals surface area contributed by atoms with Crippen molar-refractivity contribution in [2.45, 2.75) is 29.4 Å². The third-order valence-corrected chi connectivity index (χ3v) is 12.7. The largest absolute Gasteiger partial charge is 1.00 e. The van der Waals surface area contributed by atoms with Crippen LogP contribution in [0.5, 0.6) is 6.01 Å². The molecule has 0 aliphatic rings. The Bertz CT molecular complexity index is 3250. The first kappa shape index (κ1) is 75.3. The number of aromatic nitrogens is 6. The Morgan fingerprint density at radius 2 is 1.00 bits per heavy atom. The molecule has 0 radical (unpaired) electrons. The van der Waals surface area contributed by atoms with Crippen LogP contribution in [0.1, 0.15) is 11.1 Å². The third-order valence-electron chi connectivity index (χ3n) is 8.07. The van der Waals surface area contributed by atoms with Crippen molar-refractivity contribution in [3.8, 4) is 6.01 Å². The number of hydrogen-bond donors (Lipinski definition) is 4. The predicted molar refractivity (Wildman–Crippen MR) is 227 cm³/mol. The van der Waals surface area contributed by atoms with Crippen LogP contribution in [0.15, 0.2) is 102 Å². The van der Waals surface area contributed by atoms with E-state index in [0.717, 1.165) is 42.5 Å². The molecule has 0 aliphatic heterocycles. The monoisotopic (exact) mass is 1230 g/mol. The molecule has 0 saturated heterocycles. The van der Waals surface area contributed by atoms with Crippen molar-refractivity contribution < 1.29 is 265 Å². The first-order chi connectivity index (χ1) is 32.8. The maximum Gasteiger partial charge on any atom is 1.00 e. The number of halogens is 1. The fourth-order valence-corrected chi connectivity index (χ4v) is 8.65. The van der Waals surface area contributed by atoms with Gasteiger partial charge in [0, 0.05) is 21.2 Å². The third kappa shape index (κ3) is 23.3. The van der Waals surface area contributed by atoms with Crippen LogP contribution in [0, 0.1) is 0 Å². The molecule has 6 rings (SSSR count). The van der Waals surface area contributed by atoms with Crippen molar-refractivity contribution in [3.63, 3.8) is 0 Å². The molecule has 6 aromatic rings. The second kappa shape index (κ2) is 35.4. The molecule has 0 amide bonds. The van der Waals surface area contributed by atoms with Crippen LogP contribution in [0.25, 0.3) is 12.2 Å². The minimum atomic E-state index is -5.21. The molecule has 0 bridgehead atoms. The maximum atomic E-state index is 12.5. The number of nitrogens with zero attached hydrogens (tertiary/aromatic N) is 6. The van der Waals surface area contributed by atoms with Gasteiger partial charge >= 0.3 is 183 Å². The SMILES string of the molecule is COc1nc(Nc2ccc(/C=C/c3ccc(Nc4nc(Cl)nc(Nc5cc(SOO[O-])ccc5S(=O)(=O)[O-])n4)cc3S(=O)(=O)[O-])c(SOO[O-])c2)nc(Nc2cc(S(=O)(=O)[O-])ccc2SOO[O-])n1.[Na+].[Na+].[Na+].[Na+].[Na+].[Na+]. The first-order valence-corrected chi connectivity index (χ1v) is 24.4. The van der Waals surface area contributed by atoms with Gasteiger partial charge in [0.1, 0.15) is 30.4 Å². The molecule has 42 heteroatoms. The van der Waals surface area contributed by atoms with Crippen LogP contribution in [0.4, 0.5) is 46.5 Å². The molecule has 366 valence electrons. The molecule has 2 aromatic heterocycles. The summed E-state index contributed by atoms with van der Waals surface area (Å²) in [7, 11) is -14.0. The molecule has 29 nitrogen and oxygen atoms in total. The van der Waals surface area contributed by atoms with Crippen molar-refractivity contribution in [1.82, 2.24) is 29.9 Å². The second-order valence-corrected chi connectivity index (χ2v) is 19.1. The number of hydrogen-bond acceptors (Lipinski definition) is 32. The number of rotatable bonds is 23. The van der Waals surface area contributed by atoms with E-state index in [1.54, 1.807) is 0 Å². The normalized spacial score (nSPS) is 11.0. The zero-order chi connectivity index (χ0) is 49.9. The van der Waals surface area contributed by atoms with E-state index in [2.05, 4.69) is 79.3 Å². The summed E-state index contributed by atoms with van der Waals surface area (Å²) < 4.78 is 127. The number of anilines is 8. The van der Waals surface area contributed by atoms with Crippen LogP contribution < -0.4 is 219 Å². The summed E-state index contributed by atoms with van der Waals surface area (Å²) in [6.07, 6.45) is 2.60. The van der Waals surface area contributed by atoms with Gasteiger partial charge in [0.25, 0.3) is 0 Å². The van der Waals surface area contributed by atoms with E-state index in [1.807, 2.05) is 0 Å². The van der Waals surface area contributed by atoms with E-state index in [9.17, 15) is 54.7 Å². The second-order valence-electron chi connectivity index (χ2n) is 12.4. The zero-order valence-electron chi connectivity index (χ0n) is 39.4. The number of methoxy groups -OCH3 is 1. The first-order valence-electron chi connectivity index (χ1n) is 17.6. The quantitative estimate of drug-likeness (QED) is 0.0116. The van der Waals surface area contributed by atoms with Crippen LogP contribution >= 0.6 is 47.7 Å². The van der Waals surface area contributed by atoms with Gasteiger partial charge in [-0.05, 0) is 83.4 Å². The van der Waals surface area contributed by atoms with Crippen molar-refractivity contribution in [2.75, 3.05) is 28.4 Å². The molecule has 0 aliphatic carbocycles. The Hall–Kier alpha value is 0.350. The van der Waals surface area contributed by atoms with Crippen molar-refractivity contribution in [2.24, 2.45) is 0 Å². The molecule has 4 aromatic carbocycles. The summed E-state index contributed by atoms with van der Waals surface area (Å²) in [4.78, 5) is 22.3. The van der Waals surface area contributed by atoms with Crippen LogP contribution in [0.3, 0.4) is 0 Å². The summed E-state index contributed by atoms with van der Waals surface area (Å²) in [6, 6.07) is 13.7. The van der Waals surface area contributed by atoms with Gasteiger partial charge in [0.15, 0.2) is 0 Å². The van der Waals surface area contributed by atoms with E-state index in [1.165, 1.54) is 49.6 Å². The molecule has 0 saturated carbocycles. The predicted octanol–water partition coefficient (Wildman–Crippen LogP) is -15.7. The van der Waals surface area contributed by atoms with E-state index < -0.39 is 56.3 Å². The number of ether oxygens (including phenoxy) is 1. The van der Waals surface area contributed by atoms with Crippen molar-refractivity contribution in [3.05, 3.63) is 89.2 Å². The van der Waals surface area contributed by atoms with Gasteiger partial charge in [-0.2, -0.15) is 42.9 Å². The Labute approximate surface area is 575 Å². The molecule has 75 heavy (non-hydrogen) atoms. The average Bonchev–Trinajstić information content (AvgIpc) is 3.28. The number of nitrogens with one attached hydrogen (secondary N) is 4. The fourth-order valence-electron chi connectivity index (χ4n) is 5.35. The van der Waals surface area contributed by atoms with Gasteiger partial charge in [-0.1, -0.05) is 24.3 Å². The average molecular weight is 1230 g/mol. The van der Waals surface area contributed by atoms with Crippen LogP contribution in [0.2, 0.25) is 5.28 Å². The van der Waals surface area contributed by atoms with Gasteiger partial charge in [-0.25, -0.2) is 25.3 Å². The van der Waals surface area contributed by atoms with Crippen molar-refractivity contribution >= 4 is 137 Å². The molecule has 0 unspecified atom stereocenters. The van der Waals surface area contributed by atoms with Gasteiger partial charge in [-0.15, -0.1) is 0 Å². The Morgan fingerprint density at radius 3 is 1.56 bits per heavy atom. The molecule has 0 spiro atoms. The molecule has 2 heterocycles. The van der Waals surface area contributed by atoms with Gasteiger partial charge in [0.05, 0.1) is 74.2 Å². The minimum Gasteiger partial charge on any atom is -0.744 e. The molecular weight excluding hydrogens is 1210 g/mol. The standard InChI is InChI=1S/C33H27ClN10O19S6.6Na/c1-57-33-43-30(42-32(44-33)37-22-15-21(67(48,49)50)9-10-24(22)65-62-59-46)35-18-6-4-16(25(12-18)66-63-60-47)2-3-17-5-7-19(13-27(17)69(54,55)56)36-29-39-28(34)40-31(41-29)38-23-14-20(64-61-58-45)8-11-26(23)68(51,52)53;;;;;;/h2-15,45-47H,1H3,(H,48,49,50)(H,51,52,53)(H,54,55,56)(H2,35,37,42,43,44)(H2,36,38,39,40,41);;;;;;/q;6*+1/p-6/b3-2+;;;;;;. The Balaban J connectivity index is 0.00000913. The van der Waals surface area contributed by atoms with E-state index in [4.69, 9.17) is 16.3 Å². The molecule has 0 fully saturated rings. The summed E-state index contributed by atoms with van der Waals surface area (Å²) in [6.45, 7) is 0.